The molecule has 0 aliphatic carbocycles. The van der Waals surface area contributed by atoms with E-state index < -0.39 is 0 Å². The maximum atomic E-state index is 4.84. The van der Waals surface area contributed by atoms with Gasteiger partial charge in [0.15, 0.2) is 0 Å². The van der Waals surface area contributed by atoms with E-state index in [-0.39, 0.29) is 0 Å². The molecule has 0 spiro atoms. The summed E-state index contributed by atoms with van der Waals surface area (Å²) in [6, 6.07) is 51.2. The molecule has 11 aromatic rings. The lowest BCUT2D eigenvalue weighted by Crippen LogP contribution is -2.44. The number of aromatic amines is 2. The summed E-state index contributed by atoms with van der Waals surface area (Å²) in [6.07, 6.45) is 0. The Hall–Kier alpha value is -7.87. The van der Waals surface area contributed by atoms with Crippen LogP contribution in [0.15, 0.2) is 150 Å². The van der Waals surface area contributed by atoms with Gasteiger partial charge >= 0.3 is 0 Å². The number of H-pyrrole nitrogens is 2. The molecule has 1 fully saturated rings. The van der Waals surface area contributed by atoms with Crippen LogP contribution in [-0.2, 0) is 7.05 Å². The van der Waals surface area contributed by atoms with Gasteiger partial charge in [-0.2, -0.15) is 4.57 Å². The molecule has 12 nitrogen and oxygen atoms in total. The minimum Gasteiger partial charge on any atom is -0.378 e. The first-order valence-corrected chi connectivity index (χ1v) is 25.2. The van der Waals surface area contributed by atoms with Gasteiger partial charge < -0.3 is 39.4 Å². The topological polar surface area (TPSA) is 93.6 Å². The minimum atomic E-state index is 0.854. The van der Waals surface area contributed by atoms with Crippen molar-refractivity contribution in [2.24, 2.45) is 7.05 Å². The first kappa shape index (κ1) is 48.7. The highest BCUT2D eigenvalue weighted by Crippen LogP contribution is 2.30. The average molecular weight is 986 g/mol. The molecule has 0 bridgehead atoms. The highest BCUT2D eigenvalue weighted by molar-refractivity contribution is 7.80. The zero-order valence-corrected chi connectivity index (χ0v) is 44.5. The Morgan fingerprint density at radius 3 is 1.40 bits per heavy atom. The monoisotopic (exact) mass is 986 g/mol. The predicted octanol–water partition coefficient (Wildman–Crippen LogP) is 11.3. The Kier molecular flexibility index (Phi) is 13.6. The quantitative estimate of drug-likeness (QED) is 0.0820. The Balaban J connectivity index is 0.000000131. The van der Waals surface area contributed by atoms with Crippen molar-refractivity contribution in [2.75, 3.05) is 114 Å². The van der Waals surface area contributed by atoms with Crippen LogP contribution >= 0.6 is 12.6 Å². The van der Waals surface area contributed by atoms with E-state index in [2.05, 4.69) is 214 Å². The summed E-state index contributed by atoms with van der Waals surface area (Å²) >= 11 is 4.36. The highest BCUT2D eigenvalue weighted by Gasteiger charge is 2.17. The van der Waals surface area contributed by atoms with Gasteiger partial charge in [-0.25, -0.2) is 15.0 Å². The molecule has 13 heteroatoms. The predicted molar refractivity (Wildman–Crippen MR) is 313 cm³/mol. The van der Waals surface area contributed by atoms with Gasteiger partial charge in [0, 0.05) is 161 Å². The smallest absolute Gasteiger partial charge is 0.214 e. The number of rotatable bonds is 7. The van der Waals surface area contributed by atoms with Crippen LogP contribution in [0.3, 0.4) is 0 Å². The summed E-state index contributed by atoms with van der Waals surface area (Å²) < 4.78 is 2.28. The molecule has 370 valence electrons. The number of benzene rings is 7. The molecule has 4 aromatic heterocycles. The van der Waals surface area contributed by atoms with Crippen LogP contribution in [0, 0.1) is 0 Å². The van der Waals surface area contributed by atoms with Crippen molar-refractivity contribution in [1.29, 1.82) is 0 Å². The normalized spacial score (nSPS) is 12.8. The molecule has 0 saturated carbocycles. The lowest BCUT2D eigenvalue weighted by Gasteiger charge is -2.34. The second-order valence-electron chi connectivity index (χ2n) is 20.0. The van der Waals surface area contributed by atoms with E-state index in [4.69, 9.17) is 15.0 Å². The lowest BCUT2D eigenvalue weighted by atomic mass is 10.1. The fourth-order valence-electron chi connectivity index (χ4n) is 9.41. The summed E-state index contributed by atoms with van der Waals surface area (Å²) in [6.45, 7) is 4.30. The second kappa shape index (κ2) is 20.3. The molecule has 1 aliphatic rings. The molecule has 12 rings (SSSR count). The Bertz CT molecular complexity index is 3640. The number of anilines is 5. The highest BCUT2D eigenvalue weighted by atomic mass is 32.1. The molecule has 0 amide bonds. The molecular weight excluding hydrogens is 921 g/mol. The molecule has 0 atom stereocenters. The van der Waals surface area contributed by atoms with Crippen LogP contribution in [0.2, 0.25) is 0 Å². The van der Waals surface area contributed by atoms with Crippen molar-refractivity contribution in [3.8, 4) is 22.8 Å². The van der Waals surface area contributed by atoms with Gasteiger partial charge in [0.25, 0.3) is 0 Å². The molecule has 0 unspecified atom stereocenters. The number of thiol groups is 1. The number of hydrogen-bond donors (Lipinski definition) is 3. The number of likely N-dealkylation sites (N-methyl/N-ethyl adjacent to an activating group) is 1. The number of fused-ring (bicyclic) bond motifs is 6. The van der Waals surface area contributed by atoms with Gasteiger partial charge in [0.1, 0.15) is 18.7 Å². The van der Waals surface area contributed by atoms with E-state index in [1.807, 2.05) is 58.5 Å². The van der Waals surface area contributed by atoms with Gasteiger partial charge in [-0.05, 0) is 116 Å². The number of aryl methyl sites for hydroxylation is 1. The van der Waals surface area contributed by atoms with Crippen molar-refractivity contribution in [3.63, 3.8) is 0 Å². The largest absolute Gasteiger partial charge is 0.378 e. The summed E-state index contributed by atoms with van der Waals surface area (Å²) in [7, 11) is 20.8. The summed E-state index contributed by atoms with van der Waals surface area (Å²) in [5.74, 6) is 1.72. The summed E-state index contributed by atoms with van der Waals surface area (Å²) in [4.78, 5) is 35.6. The molecule has 5 heterocycles. The van der Waals surface area contributed by atoms with Gasteiger partial charge in [0.05, 0.1) is 33.1 Å². The van der Waals surface area contributed by atoms with Crippen molar-refractivity contribution < 1.29 is 4.57 Å². The van der Waals surface area contributed by atoms with Crippen LogP contribution in [0.1, 0.15) is 0 Å². The molecule has 1 aliphatic heterocycles. The molecule has 73 heavy (non-hydrogen) atoms. The fraction of sp³-hybridized carbons (Fsp3) is 0.233. The van der Waals surface area contributed by atoms with Crippen LogP contribution in [0.4, 0.5) is 28.4 Å². The number of hydrogen-bond acceptors (Lipinski definition) is 10. The van der Waals surface area contributed by atoms with Crippen molar-refractivity contribution in [3.05, 3.63) is 146 Å². The third-order valence-electron chi connectivity index (χ3n) is 13.9. The zero-order valence-electron chi connectivity index (χ0n) is 43.6. The van der Waals surface area contributed by atoms with Crippen molar-refractivity contribution >= 4 is 107 Å². The van der Waals surface area contributed by atoms with Gasteiger partial charge in [-0.1, -0.05) is 24.3 Å². The maximum Gasteiger partial charge on any atom is 0.214 e. The Morgan fingerprint density at radius 2 is 0.877 bits per heavy atom. The SMILES string of the molecule is CN(C)c1ccc2cc3ccc(N(C)C)cc3[n+](C)c2c1.CN(C)c1ccc2cc3ccc(N(C)C)cc3nc2c1.CN1CCN(c2ccc3nc(-c4ccc5nc(-c6ccc(S)cc6)[nH]c5c4)[nH]c3c2)CC1. The van der Waals surface area contributed by atoms with E-state index >= 15 is 0 Å². The standard InChI is InChI=1S/C25H24N6S.C18H22N3.C17H19N3/c1-30-10-12-31(13-11-30)18-5-9-21-23(15-18)29-25(27-21)17-4-8-20-22(14-17)28-24(26-20)16-2-6-19(32)7-3-16;1-19(2)15-8-6-13-10-14-7-9-16(20(3)4)12-18(14)21(5)17(13)11-15;1-19(2)14-7-5-12-9-13-6-8-15(20(3)4)11-17(13)18-16(12)10-14/h2-9,14-15,32H,10-13H2,1H3,(H,26,28)(H,27,29);6-12H,1-5H3;5-11H,1-4H3/q;+1;. The Labute approximate surface area is 433 Å². The molecule has 2 N–H and O–H groups in total. The van der Waals surface area contributed by atoms with E-state index in [9.17, 15) is 0 Å². The van der Waals surface area contributed by atoms with E-state index in [1.54, 1.807) is 0 Å². The summed E-state index contributed by atoms with van der Waals surface area (Å²) in [5.41, 5.74) is 16.7. The first-order valence-electron chi connectivity index (χ1n) is 24.8. The number of imidazole rings is 2. The molecule has 0 radical (unpaired) electrons. The van der Waals surface area contributed by atoms with E-state index in [0.29, 0.717) is 0 Å². The van der Waals surface area contributed by atoms with Crippen LogP contribution in [0.25, 0.3) is 88.5 Å². The molecular formula is C60H65N12S+. The third kappa shape index (κ3) is 10.4. The third-order valence-corrected chi connectivity index (χ3v) is 14.2. The number of nitrogens with one attached hydrogen (secondary N) is 2. The number of aromatic nitrogens is 6. The van der Waals surface area contributed by atoms with Gasteiger partial charge in [0.2, 0.25) is 11.0 Å². The molecule has 7 aromatic carbocycles. The van der Waals surface area contributed by atoms with Gasteiger partial charge in [-0.15, -0.1) is 12.6 Å². The summed E-state index contributed by atoms with van der Waals surface area (Å²) in [5, 5.41) is 4.91. The lowest BCUT2D eigenvalue weighted by molar-refractivity contribution is -0.617. The fourth-order valence-corrected chi connectivity index (χ4v) is 9.56. The van der Waals surface area contributed by atoms with Crippen molar-refractivity contribution in [1.82, 2.24) is 29.8 Å². The molecule has 1 saturated heterocycles. The number of pyridine rings is 2. The number of piperazine rings is 1. The minimum absolute atomic E-state index is 0.854. The van der Waals surface area contributed by atoms with Crippen LogP contribution in [0.5, 0.6) is 0 Å². The van der Waals surface area contributed by atoms with Crippen molar-refractivity contribution in [2.45, 2.75) is 4.90 Å². The average Bonchev–Trinajstić information content (AvgIpc) is 4.03. The van der Waals surface area contributed by atoms with Crippen LogP contribution in [-0.4, -0.2) is 119 Å². The Morgan fingerprint density at radius 1 is 0.438 bits per heavy atom. The van der Waals surface area contributed by atoms with E-state index in [1.165, 1.54) is 61.0 Å². The van der Waals surface area contributed by atoms with Gasteiger partial charge in [-0.3, -0.25) is 0 Å². The second-order valence-corrected chi connectivity index (χ2v) is 20.5. The maximum absolute atomic E-state index is 4.84. The van der Waals surface area contributed by atoms with E-state index in [0.717, 1.165) is 87.0 Å². The number of nitrogens with zero attached hydrogens (tertiary/aromatic N) is 10. The first-order chi connectivity index (χ1) is 35.1. The van der Waals surface area contributed by atoms with Crippen LogP contribution < -0.4 is 29.1 Å². The zero-order chi connectivity index (χ0) is 51.1.